The molecule has 0 aromatic carbocycles. The Hall–Kier alpha value is -0.170. The summed E-state index contributed by atoms with van der Waals surface area (Å²) in [7, 11) is -0.595. The van der Waals surface area contributed by atoms with Crippen LogP contribution in [0.25, 0.3) is 0 Å². The van der Waals surface area contributed by atoms with Gasteiger partial charge < -0.3 is 0 Å². The Labute approximate surface area is 88.8 Å². The van der Waals surface area contributed by atoms with E-state index < -0.39 is 15.6 Å². The fourth-order valence-electron chi connectivity index (χ4n) is 1.20. The Morgan fingerprint density at radius 1 is 1.50 bits per heavy atom. The number of hydrogen-bond donors (Lipinski definition) is 0. The highest BCUT2D eigenvalue weighted by atomic mass is 35.5. The van der Waals surface area contributed by atoms with Crippen LogP contribution in [0.4, 0.5) is 0 Å². The molecule has 0 aliphatic carbocycles. The summed E-state index contributed by atoms with van der Waals surface area (Å²) in [4.78, 5) is 11.2. The summed E-state index contributed by atoms with van der Waals surface area (Å²) >= 11 is 5.68. The number of carbonyl (C=O) groups is 1. The normalized spacial score (nSPS) is 25.7. The third-order valence-electron chi connectivity index (χ3n) is 2.10. The van der Waals surface area contributed by atoms with Crippen molar-refractivity contribution in [3.63, 3.8) is 0 Å². The highest BCUT2D eigenvalue weighted by Crippen LogP contribution is 2.16. The van der Waals surface area contributed by atoms with Crippen LogP contribution in [-0.4, -0.2) is 55.4 Å². The number of halogens is 1. The van der Waals surface area contributed by atoms with Crippen LogP contribution >= 0.6 is 11.6 Å². The number of nitrogens with zero attached hydrogens (tertiary/aromatic N) is 2. The molecule has 1 heterocycles. The Morgan fingerprint density at radius 3 is 2.50 bits per heavy atom. The zero-order chi connectivity index (χ0) is 10.9. The summed E-state index contributed by atoms with van der Waals surface area (Å²) in [5.41, 5.74) is 0. The Bertz CT molecular complexity index is 328. The van der Waals surface area contributed by atoms with Crippen molar-refractivity contribution in [2.24, 2.45) is 0 Å². The average molecular weight is 241 g/mol. The molecule has 0 aromatic rings. The van der Waals surface area contributed by atoms with Crippen LogP contribution in [0, 0.1) is 0 Å². The fraction of sp³-hybridized carbons (Fsp3) is 0.857. The van der Waals surface area contributed by atoms with Crippen molar-refractivity contribution in [3.8, 4) is 0 Å². The quantitative estimate of drug-likeness (QED) is 0.622. The molecule has 1 unspecified atom stereocenters. The largest absolute Gasteiger partial charge is 0.297 e. The van der Waals surface area contributed by atoms with Crippen molar-refractivity contribution < 1.29 is 13.2 Å². The van der Waals surface area contributed by atoms with Gasteiger partial charge in [0.2, 0.25) is 0 Å². The van der Waals surface area contributed by atoms with E-state index in [2.05, 4.69) is 0 Å². The van der Waals surface area contributed by atoms with Crippen molar-refractivity contribution >= 4 is 27.6 Å². The summed E-state index contributed by atoms with van der Waals surface area (Å²) in [5.74, 6) is -0.233. The van der Waals surface area contributed by atoms with Gasteiger partial charge in [-0.15, -0.1) is 11.6 Å². The molecule has 0 saturated carbocycles. The van der Waals surface area contributed by atoms with Crippen molar-refractivity contribution in [2.75, 3.05) is 27.2 Å². The molecule has 5 nitrogen and oxygen atoms in total. The van der Waals surface area contributed by atoms with Crippen LogP contribution < -0.4 is 0 Å². The van der Waals surface area contributed by atoms with E-state index in [-0.39, 0.29) is 12.3 Å². The lowest BCUT2D eigenvalue weighted by molar-refractivity contribution is -0.120. The van der Waals surface area contributed by atoms with Crippen LogP contribution in [0.2, 0.25) is 0 Å². The van der Waals surface area contributed by atoms with E-state index in [9.17, 15) is 13.2 Å². The molecule has 1 saturated heterocycles. The summed E-state index contributed by atoms with van der Waals surface area (Å²) in [5, 5.41) is -0.538. The minimum absolute atomic E-state index is 0.116. The highest BCUT2D eigenvalue weighted by molar-refractivity contribution is 7.86. The number of piperidine rings is 1. The van der Waals surface area contributed by atoms with Crippen LogP contribution in [-0.2, 0) is 15.0 Å². The molecule has 82 valence electrons. The van der Waals surface area contributed by atoms with Gasteiger partial charge in [-0.3, -0.25) is 4.79 Å². The lowest BCUT2D eigenvalue weighted by Crippen LogP contribution is -2.48. The van der Waals surface area contributed by atoms with E-state index in [1.165, 1.54) is 14.1 Å². The number of Topliss-reactive ketones (excluding diaryl/α,β-unsaturated/α-hetero) is 1. The average Bonchev–Trinajstić information content (AvgIpc) is 2.09. The van der Waals surface area contributed by atoms with Crippen molar-refractivity contribution in [3.05, 3.63) is 0 Å². The third-order valence-corrected chi connectivity index (χ3v) is 4.45. The Morgan fingerprint density at radius 2 is 2.07 bits per heavy atom. The van der Waals surface area contributed by atoms with E-state index in [1.807, 2.05) is 0 Å². The standard InChI is InChI=1S/C7H13ClN2O3S/c1-9(2)14(12,13)10-4-3-6(8)7(11)5-10/h6H,3-5H2,1-2H3. The first-order valence-electron chi connectivity index (χ1n) is 4.20. The van der Waals surface area contributed by atoms with Gasteiger partial charge in [-0.2, -0.15) is 17.0 Å². The first-order chi connectivity index (χ1) is 6.35. The molecule has 0 spiro atoms. The van der Waals surface area contributed by atoms with Gasteiger partial charge in [-0.25, -0.2) is 0 Å². The van der Waals surface area contributed by atoms with E-state index in [1.54, 1.807) is 0 Å². The Balaban J connectivity index is 2.78. The molecule has 1 atom stereocenters. The minimum atomic E-state index is -3.47. The van der Waals surface area contributed by atoms with Gasteiger partial charge in [0.15, 0.2) is 5.78 Å². The lowest BCUT2D eigenvalue weighted by atomic mass is 10.1. The fourth-order valence-corrected chi connectivity index (χ4v) is 2.45. The number of carbonyl (C=O) groups excluding carboxylic acids is 1. The third kappa shape index (κ3) is 2.25. The summed E-state index contributed by atoms with van der Waals surface area (Å²) in [6, 6.07) is 0. The van der Waals surface area contributed by atoms with Crippen molar-refractivity contribution in [1.82, 2.24) is 8.61 Å². The maximum atomic E-state index is 11.6. The van der Waals surface area contributed by atoms with Crippen LogP contribution in [0.15, 0.2) is 0 Å². The van der Waals surface area contributed by atoms with E-state index in [0.29, 0.717) is 13.0 Å². The molecule has 14 heavy (non-hydrogen) atoms. The molecule has 7 heteroatoms. The maximum Gasteiger partial charge on any atom is 0.281 e. The van der Waals surface area contributed by atoms with Gasteiger partial charge in [0.05, 0.1) is 11.9 Å². The second-order valence-corrected chi connectivity index (χ2v) is 6.02. The van der Waals surface area contributed by atoms with Gasteiger partial charge in [0.25, 0.3) is 10.2 Å². The van der Waals surface area contributed by atoms with Gasteiger partial charge >= 0.3 is 0 Å². The predicted molar refractivity (Wildman–Crippen MR) is 53.4 cm³/mol. The molecule has 0 bridgehead atoms. The molecular formula is C7H13ClN2O3S. The monoisotopic (exact) mass is 240 g/mol. The Kier molecular flexibility index (Phi) is 3.52. The zero-order valence-corrected chi connectivity index (χ0v) is 9.68. The molecule has 1 fully saturated rings. The molecule has 0 N–H and O–H groups in total. The second-order valence-electron chi connectivity index (χ2n) is 3.35. The first kappa shape index (κ1) is 11.9. The maximum absolute atomic E-state index is 11.6. The smallest absolute Gasteiger partial charge is 0.281 e. The molecule has 0 radical (unpaired) electrons. The summed E-state index contributed by atoms with van der Waals surface area (Å²) < 4.78 is 25.4. The SMILES string of the molecule is CN(C)S(=O)(=O)N1CCC(Cl)C(=O)C1. The highest BCUT2D eigenvalue weighted by Gasteiger charge is 2.33. The van der Waals surface area contributed by atoms with Crippen molar-refractivity contribution in [2.45, 2.75) is 11.8 Å². The number of rotatable bonds is 2. The topological polar surface area (TPSA) is 57.7 Å². The zero-order valence-electron chi connectivity index (χ0n) is 8.10. The number of alkyl halides is 1. The van der Waals surface area contributed by atoms with Gasteiger partial charge in [0, 0.05) is 20.6 Å². The summed E-state index contributed by atoms with van der Waals surface area (Å²) in [6.07, 6.45) is 0.382. The molecular weight excluding hydrogens is 228 g/mol. The van der Waals surface area contributed by atoms with E-state index in [4.69, 9.17) is 11.6 Å². The second kappa shape index (κ2) is 4.14. The van der Waals surface area contributed by atoms with Crippen LogP contribution in [0.1, 0.15) is 6.42 Å². The van der Waals surface area contributed by atoms with Gasteiger partial charge in [-0.1, -0.05) is 0 Å². The van der Waals surface area contributed by atoms with Crippen LogP contribution in [0.3, 0.4) is 0 Å². The molecule has 1 aliphatic rings. The van der Waals surface area contributed by atoms with Gasteiger partial charge in [-0.05, 0) is 6.42 Å². The molecule has 1 aliphatic heterocycles. The van der Waals surface area contributed by atoms with Gasteiger partial charge in [0.1, 0.15) is 0 Å². The van der Waals surface area contributed by atoms with E-state index >= 15 is 0 Å². The molecule has 0 aromatic heterocycles. The number of hydrogen-bond acceptors (Lipinski definition) is 3. The first-order valence-corrected chi connectivity index (χ1v) is 6.03. The minimum Gasteiger partial charge on any atom is -0.297 e. The predicted octanol–water partition coefficient (Wildman–Crippen LogP) is -0.325. The summed E-state index contributed by atoms with van der Waals surface area (Å²) in [6.45, 7) is 0.190. The van der Waals surface area contributed by atoms with Crippen molar-refractivity contribution in [1.29, 1.82) is 0 Å². The van der Waals surface area contributed by atoms with E-state index in [0.717, 1.165) is 8.61 Å². The lowest BCUT2D eigenvalue weighted by Gasteiger charge is -2.29. The molecule has 0 amide bonds. The number of ketones is 1. The van der Waals surface area contributed by atoms with Crippen LogP contribution in [0.5, 0.6) is 0 Å². The molecule has 1 rings (SSSR count).